The first kappa shape index (κ1) is 14.5. The standard InChI is InChI=1S/C14H20O4/c1-10(2)18-14-8-12(11(3)15)7-13(9-14)17-6-5-16-4/h7-10H,5-6H2,1-4H3. The van der Waals surface area contributed by atoms with Crippen molar-refractivity contribution in [2.24, 2.45) is 0 Å². The third-order valence-corrected chi connectivity index (χ3v) is 2.21. The van der Waals surface area contributed by atoms with Crippen molar-refractivity contribution in [3.8, 4) is 11.5 Å². The lowest BCUT2D eigenvalue weighted by atomic mass is 10.1. The first-order chi connectivity index (χ1) is 8.52. The molecule has 0 aliphatic heterocycles. The zero-order chi connectivity index (χ0) is 13.5. The Hall–Kier alpha value is -1.55. The zero-order valence-electron chi connectivity index (χ0n) is 11.4. The third-order valence-electron chi connectivity index (χ3n) is 2.21. The van der Waals surface area contributed by atoms with E-state index < -0.39 is 0 Å². The molecule has 0 atom stereocenters. The van der Waals surface area contributed by atoms with E-state index in [0.29, 0.717) is 30.3 Å². The fourth-order valence-electron chi connectivity index (χ4n) is 1.44. The van der Waals surface area contributed by atoms with Crippen LogP contribution in [-0.2, 0) is 4.74 Å². The number of rotatable bonds is 7. The molecule has 0 fully saturated rings. The molecule has 1 aromatic rings. The molecule has 0 spiro atoms. The minimum atomic E-state index is -0.0132. The van der Waals surface area contributed by atoms with E-state index >= 15 is 0 Å². The highest BCUT2D eigenvalue weighted by Gasteiger charge is 2.07. The lowest BCUT2D eigenvalue weighted by molar-refractivity contribution is 0.101. The van der Waals surface area contributed by atoms with Crippen LogP contribution < -0.4 is 9.47 Å². The summed E-state index contributed by atoms with van der Waals surface area (Å²) < 4.78 is 16.0. The summed E-state index contributed by atoms with van der Waals surface area (Å²) >= 11 is 0. The molecule has 0 N–H and O–H groups in total. The van der Waals surface area contributed by atoms with Crippen molar-refractivity contribution in [2.75, 3.05) is 20.3 Å². The molecule has 0 saturated heterocycles. The molecule has 0 unspecified atom stereocenters. The van der Waals surface area contributed by atoms with E-state index in [1.807, 2.05) is 13.8 Å². The SMILES string of the molecule is COCCOc1cc(OC(C)C)cc(C(C)=O)c1. The van der Waals surface area contributed by atoms with E-state index in [0.717, 1.165) is 0 Å². The molecule has 1 aromatic carbocycles. The smallest absolute Gasteiger partial charge is 0.160 e. The van der Waals surface area contributed by atoms with E-state index in [-0.39, 0.29) is 11.9 Å². The number of methoxy groups -OCH3 is 1. The largest absolute Gasteiger partial charge is 0.491 e. The van der Waals surface area contributed by atoms with Crippen molar-refractivity contribution in [2.45, 2.75) is 26.9 Å². The molecule has 18 heavy (non-hydrogen) atoms. The molecule has 0 aliphatic carbocycles. The highest BCUT2D eigenvalue weighted by Crippen LogP contribution is 2.24. The summed E-state index contributed by atoms with van der Waals surface area (Å²) in [4.78, 5) is 11.4. The maximum atomic E-state index is 11.4. The molecule has 0 radical (unpaired) electrons. The van der Waals surface area contributed by atoms with E-state index in [2.05, 4.69) is 0 Å². The van der Waals surface area contributed by atoms with E-state index in [4.69, 9.17) is 14.2 Å². The van der Waals surface area contributed by atoms with Gasteiger partial charge in [0.2, 0.25) is 0 Å². The molecule has 4 heteroatoms. The first-order valence-electron chi connectivity index (χ1n) is 5.97. The van der Waals surface area contributed by atoms with Gasteiger partial charge in [-0.05, 0) is 32.9 Å². The average molecular weight is 252 g/mol. The molecular weight excluding hydrogens is 232 g/mol. The van der Waals surface area contributed by atoms with E-state index in [1.165, 1.54) is 6.92 Å². The summed E-state index contributed by atoms with van der Waals surface area (Å²) in [6.45, 7) is 6.34. The van der Waals surface area contributed by atoms with Gasteiger partial charge in [-0.3, -0.25) is 4.79 Å². The van der Waals surface area contributed by atoms with Crippen LogP contribution in [0.1, 0.15) is 31.1 Å². The molecule has 4 nitrogen and oxygen atoms in total. The fourth-order valence-corrected chi connectivity index (χ4v) is 1.44. The maximum Gasteiger partial charge on any atom is 0.160 e. The minimum Gasteiger partial charge on any atom is -0.491 e. The first-order valence-corrected chi connectivity index (χ1v) is 5.97. The second-order valence-electron chi connectivity index (χ2n) is 4.26. The molecule has 1 rings (SSSR count). The van der Waals surface area contributed by atoms with Crippen LogP contribution in [0.4, 0.5) is 0 Å². The van der Waals surface area contributed by atoms with E-state index in [9.17, 15) is 4.79 Å². The second-order valence-corrected chi connectivity index (χ2v) is 4.26. The number of benzene rings is 1. The van der Waals surface area contributed by atoms with Gasteiger partial charge >= 0.3 is 0 Å². The van der Waals surface area contributed by atoms with Gasteiger partial charge < -0.3 is 14.2 Å². The van der Waals surface area contributed by atoms with Crippen molar-refractivity contribution in [1.29, 1.82) is 0 Å². The molecule has 0 saturated carbocycles. The van der Waals surface area contributed by atoms with E-state index in [1.54, 1.807) is 25.3 Å². The Morgan fingerprint density at radius 3 is 2.39 bits per heavy atom. The number of ether oxygens (including phenoxy) is 3. The van der Waals surface area contributed by atoms with Crippen LogP contribution in [0.25, 0.3) is 0 Å². The Morgan fingerprint density at radius 1 is 1.17 bits per heavy atom. The molecule has 0 heterocycles. The highest BCUT2D eigenvalue weighted by molar-refractivity contribution is 5.94. The van der Waals surface area contributed by atoms with Crippen LogP contribution in [0.2, 0.25) is 0 Å². The minimum absolute atomic E-state index is 0.0132. The topological polar surface area (TPSA) is 44.8 Å². The number of carbonyl (C=O) groups is 1. The van der Waals surface area contributed by atoms with Crippen LogP contribution in [0.3, 0.4) is 0 Å². The summed E-state index contributed by atoms with van der Waals surface area (Å²) in [5, 5.41) is 0. The van der Waals surface area contributed by atoms with Gasteiger partial charge in [-0.2, -0.15) is 0 Å². The monoisotopic (exact) mass is 252 g/mol. The molecule has 0 amide bonds. The summed E-state index contributed by atoms with van der Waals surface area (Å²) in [5.41, 5.74) is 0.584. The van der Waals surface area contributed by atoms with Crippen molar-refractivity contribution in [3.63, 3.8) is 0 Å². The zero-order valence-corrected chi connectivity index (χ0v) is 11.4. The van der Waals surface area contributed by atoms with Crippen molar-refractivity contribution >= 4 is 5.78 Å². The van der Waals surface area contributed by atoms with Crippen LogP contribution in [0.5, 0.6) is 11.5 Å². The summed E-state index contributed by atoms with van der Waals surface area (Å²) in [7, 11) is 1.61. The number of hydrogen-bond donors (Lipinski definition) is 0. The second kappa shape index (κ2) is 7.01. The van der Waals surface area contributed by atoms with Gasteiger partial charge in [0.15, 0.2) is 5.78 Å². The van der Waals surface area contributed by atoms with Crippen LogP contribution in [0, 0.1) is 0 Å². The lowest BCUT2D eigenvalue weighted by Crippen LogP contribution is -2.08. The molecule has 0 aromatic heterocycles. The lowest BCUT2D eigenvalue weighted by Gasteiger charge is -2.13. The van der Waals surface area contributed by atoms with Crippen LogP contribution in [0.15, 0.2) is 18.2 Å². The summed E-state index contributed by atoms with van der Waals surface area (Å²) in [6, 6.07) is 5.22. The van der Waals surface area contributed by atoms with Gasteiger partial charge in [-0.25, -0.2) is 0 Å². The normalized spacial score (nSPS) is 10.5. The highest BCUT2D eigenvalue weighted by atomic mass is 16.5. The van der Waals surface area contributed by atoms with Gasteiger partial charge in [0.25, 0.3) is 0 Å². The number of hydrogen-bond acceptors (Lipinski definition) is 4. The third kappa shape index (κ3) is 4.75. The van der Waals surface area contributed by atoms with Gasteiger partial charge in [0.05, 0.1) is 12.7 Å². The van der Waals surface area contributed by atoms with Crippen LogP contribution >= 0.6 is 0 Å². The number of ketones is 1. The van der Waals surface area contributed by atoms with Crippen molar-refractivity contribution in [3.05, 3.63) is 23.8 Å². The summed E-state index contributed by atoms with van der Waals surface area (Å²) in [6.07, 6.45) is 0.0547. The van der Waals surface area contributed by atoms with Crippen LogP contribution in [-0.4, -0.2) is 32.2 Å². The van der Waals surface area contributed by atoms with Crippen molar-refractivity contribution < 1.29 is 19.0 Å². The molecule has 0 bridgehead atoms. The van der Waals surface area contributed by atoms with Gasteiger partial charge in [0.1, 0.15) is 18.1 Å². The van der Waals surface area contributed by atoms with Gasteiger partial charge in [0, 0.05) is 18.7 Å². The molecular formula is C14H20O4. The average Bonchev–Trinajstić information content (AvgIpc) is 2.28. The quantitative estimate of drug-likeness (QED) is 0.553. The van der Waals surface area contributed by atoms with Gasteiger partial charge in [-0.15, -0.1) is 0 Å². The Balaban J connectivity index is 2.87. The predicted molar refractivity (Wildman–Crippen MR) is 69.6 cm³/mol. The summed E-state index contributed by atoms with van der Waals surface area (Å²) in [5.74, 6) is 1.25. The Labute approximate surface area is 108 Å². The molecule has 0 aliphatic rings. The maximum absolute atomic E-state index is 11.4. The molecule has 100 valence electrons. The van der Waals surface area contributed by atoms with Gasteiger partial charge in [-0.1, -0.05) is 0 Å². The fraction of sp³-hybridized carbons (Fsp3) is 0.500. The van der Waals surface area contributed by atoms with Crippen molar-refractivity contribution in [1.82, 2.24) is 0 Å². The Bertz CT molecular complexity index is 399. The predicted octanol–water partition coefficient (Wildman–Crippen LogP) is 2.70. The Morgan fingerprint density at radius 2 is 1.83 bits per heavy atom. The number of Topliss-reactive ketones (excluding diaryl/α,β-unsaturated/α-hetero) is 1. The Kier molecular flexibility index (Phi) is 5.65. The number of carbonyl (C=O) groups excluding carboxylic acids is 1.